The van der Waals surface area contributed by atoms with Crippen LogP contribution in [-0.4, -0.2) is 17.4 Å². The van der Waals surface area contributed by atoms with Crippen molar-refractivity contribution in [2.24, 2.45) is 5.41 Å². The summed E-state index contributed by atoms with van der Waals surface area (Å²) in [7, 11) is 0. The zero-order valence-electron chi connectivity index (χ0n) is 10.1. The molecule has 2 nitrogen and oxygen atoms in total. The fourth-order valence-electron chi connectivity index (χ4n) is 2.42. The summed E-state index contributed by atoms with van der Waals surface area (Å²) in [4.78, 5) is 4.36. The first-order valence-corrected chi connectivity index (χ1v) is 7.41. The Morgan fingerprint density at radius 1 is 1.47 bits per heavy atom. The molecule has 2 rings (SSSR count). The highest BCUT2D eigenvalue weighted by atomic mass is 79.9. The molecule has 0 unspecified atom stereocenters. The maximum absolute atomic E-state index is 6.13. The normalized spacial score (nSPS) is 18.3. The Kier molecular flexibility index (Phi) is 4.31. The van der Waals surface area contributed by atoms with Crippen LogP contribution in [-0.2, 0) is 0 Å². The van der Waals surface area contributed by atoms with Crippen LogP contribution >= 0.6 is 27.5 Å². The summed E-state index contributed by atoms with van der Waals surface area (Å²) in [5.74, 6) is 1.67. The SMILES string of the molecule is Cc1ccnc(NCC2(CCl)CCCC2)c1Br. The molecule has 0 aromatic carbocycles. The van der Waals surface area contributed by atoms with Gasteiger partial charge in [0.15, 0.2) is 0 Å². The van der Waals surface area contributed by atoms with Crippen molar-refractivity contribution in [3.05, 3.63) is 22.3 Å². The first-order chi connectivity index (χ1) is 8.17. The topological polar surface area (TPSA) is 24.9 Å². The Labute approximate surface area is 116 Å². The number of nitrogens with one attached hydrogen (secondary N) is 1. The quantitative estimate of drug-likeness (QED) is 0.834. The van der Waals surface area contributed by atoms with Gasteiger partial charge in [0.25, 0.3) is 0 Å². The molecule has 1 aliphatic rings. The smallest absolute Gasteiger partial charge is 0.140 e. The molecule has 0 radical (unpaired) electrons. The molecule has 0 atom stereocenters. The van der Waals surface area contributed by atoms with Crippen LogP contribution in [0.25, 0.3) is 0 Å². The number of halogens is 2. The number of aromatic nitrogens is 1. The number of anilines is 1. The van der Waals surface area contributed by atoms with Crippen molar-refractivity contribution in [1.29, 1.82) is 0 Å². The molecule has 1 heterocycles. The highest BCUT2D eigenvalue weighted by molar-refractivity contribution is 9.10. The molecular weight excluding hydrogens is 300 g/mol. The molecule has 1 saturated carbocycles. The second-order valence-corrected chi connectivity index (χ2v) is 6.04. The van der Waals surface area contributed by atoms with Crippen molar-refractivity contribution in [2.75, 3.05) is 17.7 Å². The van der Waals surface area contributed by atoms with Gasteiger partial charge in [-0.2, -0.15) is 0 Å². The van der Waals surface area contributed by atoms with E-state index in [1.54, 1.807) is 0 Å². The second-order valence-electron chi connectivity index (χ2n) is 4.98. The van der Waals surface area contributed by atoms with Gasteiger partial charge in [-0.3, -0.25) is 0 Å². The maximum Gasteiger partial charge on any atom is 0.140 e. The van der Waals surface area contributed by atoms with Crippen molar-refractivity contribution in [1.82, 2.24) is 4.98 Å². The van der Waals surface area contributed by atoms with Gasteiger partial charge in [-0.15, -0.1) is 11.6 Å². The van der Waals surface area contributed by atoms with E-state index in [0.29, 0.717) is 0 Å². The Balaban J connectivity index is 2.04. The molecule has 0 aliphatic heterocycles. The van der Waals surface area contributed by atoms with E-state index in [-0.39, 0.29) is 5.41 Å². The third-order valence-corrected chi connectivity index (χ3v) is 5.23. The molecule has 1 aromatic heterocycles. The van der Waals surface area contributed by atoms with Crippen LogP contribution in [0, 0.1) is 12.3 Å². The van der Waals surface area contributed by atoms with E-state index >= 15 is 0 Å². The van der Waals surface area contributed by atoms with Gasteiger partial charge in [-0.1, -0.05) is 12.8 Å². The minimum Gasteiger partial charge on any atom is -0.369 e. The van der Waals surface area contributed by atoms with Gasteiger partial charge in [0.05, 0.1) is 4.47 Å². The predicted octanol–water partition coefficient (Wildman–Crippen LogP) is 4.36. The summed E-state index contributed by atoms with van der Waals surface area (Å²) in [6, 6.07) is 2.00. The lowest BCUT2D eigenvalue weighted by Gasteiger charge is -2.27. The van der Waals surface area contributed by atoms with E-state index in [0.717, 1.165) is 22.7 Å². The standard InChI is InChI=1S/C13H18BrClN2/c1-10-4-7-16-12(11(10)14)17-9-13(8-15)5-2-3-6-13/h4,7H,2-3,5-6,8-9H2,1H3,(H,16,17). The molecule has 0 bridgehead atoms. The van der Waals surface area contributed by atoms with Crippen LogP contribution in [0.2, 0.25) is 0 Å². The molecule has 17 heavy (non-hydrogen) atoms. The zero-order chi connectivity index (χ0) is 12.3. The number of nitrogens with zero attached hydrogens (tertiary/aromatic N) is 1. The van der Waals surface area contributed by atoms with Crippen molar-refractivity contribution in [3.63, 3.8) is 0 Å². The van der Waals surface area contributed by atoms with Gasteiger partial charge < -0.3 is 5.32 Å². The number of pyridine rings is 1. The average Bonchev–Trinajstić information content (AvgIpc) is 2.81. The van der Waals surface area contributed by atoms with Crippen LogP contribution < -0.4 is 5.32 Å². The van der Waals surface area contributed by atoms with Crippen molar-refractivity contribution in [3.8, 4) is 0 Å². The molecule has 0 spiro atoms. The summed E-state index contributed by atoms with van der Waals surface area (Å²) in [6.07, 6.45) is 6.90. The van der Waals surface area contributed by atoms with Gasteiger partial charge in [0.1, 0.15) is 5.82 Å². The minimum atomic E-state index is 0.270. The molecule has 94 valence electrons. The Morgan fingerprint density at radius 3 is 2.82 bits per heavy atom. The zero-order valence-corrected chi connectivity index (χ0v) is 12.4. The third-order valence-electron chi connectivity index (χ3n) is 3.66. The van der Waals surface area contributed by atoms with Gasteiger partial charge in [-0.25, -0.2) is 4.98 Å². The number of hydrogen-bond acceptors (Lipinski definition) is 2. The summed E-state index contributed by atoms with van der Waals surface area (Å²) in [6.45, 7) is 3.00. The first-order valence-electron chi connectivity index (χ1n) is 6.08. The maximum atomic E-state index is 6.13. The third kappa shape index (κ3) is 2.94. The molecule has 1 N–H and O–H groups in total. The lowest BCUT2D eigenvalue weighted by atomic mass is 9.88. The average molecular weight is 318 g/mol. The summed E-state index contributed by atoms with van der Waals surface area (Å²) < 4.78 is 1.06. The summed E-state index contributed by atoms with van der Waals surface area (Å²) in [5.41, 5.74) is 1.47. The van der Waals surface area contributed by atoms with E-state index in [1.807, 2.05) is 12.3 Å². The highest BCUT2D eigenvalue weighted by Gasteiger charge is 2.32. The molecular formula is C13H18BrClN2. The van der Waals surface area contributed by atoms with Crippen LogP contribution in [0.3, 0.4) is 0 Å². The van der Waals surface area contributed by atoms with E-state index in [9.17, 15) is 0 Å². The van der Waals surface area contributed by atoms with E-state index in [4.69, 9.17) is 11.6 Å². The van der Waals surface area contributed by atoms with E-state index < -0.39 is 0 Å². The molecule has 0 amide bonds. The minimum absolute atomic E-state index is 0.270. The van der Waals surface area contributed by atoms with Crippen molar-refractivity contribution in [2.45, 2.75) is 32.6 Å². The van der Waals surface area contributed by atoms with Crippen molar-refractivity contribution < 1.29 is 0 Å². The molecule has 4 heteroatoms. The summed E-state index contributed by atoms with van der Waals surface area (Å²) >= 11 is 9.70. The monoisotopic (exact) mass is 316 g/mol. The van der Waals surface area contributed by atoms with Crippen LogP contribution in [0.4, 0.5) is 5.82 Å². The lowest BCUT2D eigenvalue weighted by Crippen LogP contribution is -2.28. The fourth-order valence-corrected chi connectivity index (χ4v) is 3.15. The number of aryl methyl sites for hydroxylation is 1. The predicted molar refractivity (Wildman–Crippen MR) is 76.8 cm³/mol. The Hall–Kier alpha value is -0.280. The van der Waals surface area contributed by atoms with Crippen LogP contribution in [0.5, 0.6) is 0 Å². The van der Waals surface area contributed by atoms with Crippen molar-refractivity contribution >= 4 is 33.3 Å². The van der Waals surface area contributed by atoms with E-state index in [2.05, 4.69) is 33.2 Å². The van der Waals surface area contributed by atoms with Gasteiger partial charge in [0.2, 0.25) is 0 Å². The number of alkyl halides is 1. The fraction of sp³-hybridized carbons (Fsp3) is 0.615. The molecule has 1 fully saturated rings. The molecule has 1 aromatic rings. The highest BCUT2D eigenvalue weighted by Crippen LogP contribution is 2.39. The van der Waals surface area contributed by atoms with Gasteiger partial charge in [0, 0.05) is 24.0 Å². The van der Waals surface area contributed by atoms with Gasteiger partial charge >= 0.3 is 0 Å². The number of rotatable bonds is 4. The lowest BCUT2D eigenvalue weighted by molar-refractivity contribution is 0.368. The molecule has 0 saturated heterocycles. The number of hydrogen-bond donors (Lipinski definition) is 1. The Bertz CT molecular complexity index is 389. The van der Waals surface area contributed by atoms with Crippen LogP contribution in [0.15, 0.2) is 16.7 Å². The Morgan fingerprint density at radius 2 is 2.18 bits per heavy atom. The van der Waals surface area contributed by atoms with Crippen LogP contribution in [0.1, 0.15) is 31.2 Å². The second kappa shape index (κ2) is 5.57. The van der Waals surface area contributed by atoms with E-state index in [1.165, 1.54) is 31.2 Å². The first kappa shape index (κ1) is 13.2. The molecule has 1 aliphatic carbocycles. The largest absolute Gasteiger partial charge is 0.369 e. The summed E-state index contributed by atoms with van der Waals surface area (Å²) in [5, 5.41) is 3.45. The van der Waals surface area contributed by atoms with Gasteiger partial charge in [-0.05, 0) is 47.3 Å².